The van der Waals surface area contributed by atoms with Gasteiger partial charge in [-0.2, -0.15) is 0 Å². The van der Waals surface area contributed by atoms with Crippen LogP contribution in [0.2, 0.25) is 0 Å². The zero-order chi connectivity index (χ0) is 20.2. The van der Waals surface area contributed by atoms with Gasteiger partial charge >= 0.3 is 5.97 Å². The summed E-state index contributed by atoms with van der Waals surface area (Å²) in [4.78, 5) is 13.6. The first-order valence-corrected chi connectivity index (χ1v) is 10.7. The predicted octanol–water partition coefficient (Wildman–Crippen LogP) is 3.53. The van der Waals surface area contributed by atoms with Gasteiger partial charge in [-0.05, 0) is 38.9 Å². The first-order chi connectivity index (χ1) is 14.7. The van der Waals surface area contributed by atoms with Crippen LogP contribution in [0.5, 0.6) is 0 Å². The van der Waals surface area contributed by atoms with Crippen LogP contribution < -0.4 is 5.32 Å². The zero-order valence-corrected chi connectivity index (χ0v) is 16.7. The van der Waals surface area contributed by atoms with Crippen LogP contribution in [0.1, 0.15) is 50.8 Å². The van der Waals surface area contributed by atoms with Gasteiger partial charge in [0.05, 0.1) is 0 Å². The Balaban J connectivity index is 1.38. The van der Waals surface area contributed by atoms with E-state index in [1.54, 1.807) is 0 Å². The van der Waals surface area contributed by atoms with E-state index in [0.717, 1.165) is 13.1 Å². The number of aliphatic carboxylic acids is 1. The molecule has 1 fully saturated rings. The maximum atomic E-state index is 11.4. The molecule has 2 bridgehead atoms. The van der Waals surface area contributed by atoms with E-state index in [2.05, 4.69) is 76.9 Å². The van der Waals surface area contributed by atoms with Crippen LogP contribution in [0, 0.1) is 0 Å². The van der Waals surface area contributed by atoms with E-state index in [9.17, 15) is 9.90 Å². The van der Waals surface area contributed by atoms with Crippen molar-refractivity contribution >= 4 is 5.97 Å². The van der Waals surface area contributed by atoms with Gasteiger partial charge in [0.2, 0.25) is 0 Å². The molecule has 0 aromatic heterocycles. The van der Waals surface area contributed by atoms with E-state index in [1.807, 2.05) is 0 Å². The van der Waals surface area contributed by atoms with Gasteiger partial charge in [0.1, 0.15) is 6.04 Å². The van der Waals surface area contributed by atoms with Crippen LogP contribution >= 0.6 is 0 Å². The van der Waals surface area contributed by atoms with Gasteiger partial charge in [-0.25, -0.2) is 0 Å². The molecule has 4 nitrogen and oxygen atoms in total. The normalized spacial score (nSPS) is 24.1. The van der Waals surface area contributed by atoms with Crippen molar-refractivity contribution in [2.24, 2.45) is 0 Å². The summed E-state index contributed by atoms with van der Waals surface area (Å²) in [6.45, 7) is 2.93. The molecule has 3 aliphatic carbocycles. The Morgan fingerprint density at radius 3 is 2.03 bits per heavy atom. The van der Waals surface area contributed by atoms with E-state index >= 15 is 0 Å². The van der Waals surface area contributed by atoms with Gasteiger partial charge < -0.3 is 10.4 Å². The third-order valence-corrected chi connectivity index (χ3v) is 6.97. The monoisotopic (exact) mass is 396 g/mol. The third-order valence-electron chi connectivity index (χ3n) is 6.97. The number of hydrogen-bond acceptors (Lipinski definition) is 3. The molecule has 1 aliphatic heterocycles. The third kappa shape index (κ3) is 2.64. The molecule has 1 heterocycles. The van der Waals surface area contributed by atoms with Crippen LogP contribution in [0.25, 0.3) is 0 Å². The van der Waals surface area contributed by atoms with Gasteiger partial charge in [0.15, 0.2) is 0 Å². The Morgan fingerprint density at radius 1 is 0.867 bits per heavy atom. The zero-order valence-electron chi connectivity index (χ0n) is 16.7. The van der Waals surface area contributed by atoms with Gasteiger partial charge in [-0.3, -0.25) is 9.69 Å². The van der Waals surface area contributed by atoms with Crippen molar-refractivity contribution in [1.82, 2.24) is 10.2 Å². The predicted molar refractivity (Wildman–Crippen MR) is 116 cm³/mol. The van der Waals surface area contributed by atoms with Gasteiger partial charge in [0, 0.05) is 38.0 Å². The average Bonchev–Trinajstić information content (AvgIpc) is 2.79. The van der Waals surface area contributed by atoms with E-state index < -0.39 is 12.0 Å². The van der Waals surface area contributed by atoms with Gasteiger partial charge in [-0.1, -0.05) is 66.7 Å². The molecule has 3 aromatic rings. The lowest BCUT2D eigenvalue weighted by Crippen LogP contribution is -2.53. The van der Waals surface area contributed by atoms with Crippen LogP contribution in [-0.2, 0) is 11.3 Å². The van der Waals surface area contributed by atoms with Crippen molar-refractivity contribution < 1.29 is 9.90 Å². The highest BCUT2D eigenvalue weighted by molar-refractivity contribution is 5.74. The fraction of sp³-hybridized carbons (Fsp3) is 0.269. The van der Waals surface area contributed by atoms with Crippen molar-refractivity contribution in [2.45, 2.75) is 24.4 Å². The lowest BCUT2D eigenvalue weighted by Gasteiger charge is -2.42. The topological polar surface area (TPSA) is 52.6 Å². The molecule has 0 radical (unpaired) electrons. The van der Waals surface area contributed by atoms with Crippen molar-refractivity contribution in [3.8, 4) is 0 Å². The molecular weight excluding hydrogens is 372 g/mol. The number of benzene rings is 3. The summed E-state index contributed by atoms with van der Waals surface area (Å²) in [5, 5.41) is 12.4. The Hall–Kier alpha value is -2.95. The molecule has 1 saturated heterocycles. The molecule has 2 N–H and O–H groups in total. The summed E-state index contributed by atoms with van der Waals surface area (Å²) < 4.78 is 0. The second-order valence-electron chi connectivity index (χ2n) is 8.67. The quantitative estimate of drug-likeness (QED) is 0.490. The molecule has 4 heteroatoms. The van der Waals surface area contributed by atoms with Gasteiger partial charge in [0.25, 0.3) is 0 Å². The SMILES string of the molecule is O=C(O)C1CN(Cc2ccc3c(c2)C2c4ccccc4C3c3ccccc32)CCN1. The first kappa shape index (κ1) is 17.9. The summed E-state index contributed by atoms with van der Waals surface area (Å²) in [5.41, 5.74) is 9.84. The smallest absolute Gasteiger partial charge is 0.322 e. The lowest BCUT2D eigenvalue weighted by molar-refractivity contribution is -0.140. The summed E-state index contributed by atoms with van der Waals surface area (Å²) in [6, 6.07) is 24.2. The lowest BCUT2D eigenvalue weighted by atomic mass is 9.61. The fourth-order valence-corrected chi connectivity index (χ4v) is 5.69. The van der Waals surface area contributed by atoms with Crippen LogP contribution in [-0.4, -0.2) is 41.7 Å². The molecule has 150 valence electrons. The summed E-state index contributed by atoms with van der Waals surface area (Å²) in [5.74, 6) is -0.176. The number of carboxylic acid groups (broad SMARTS) is 1. The number of nitrogens with one attached hydrogen (secondary N) is 1. The minimum atomic E-state index is -0.768. The van der Waals surface area contributed by atoms with E-state index in [-0.39, 0.29) is 5.92 Å². The second kappa shape index (κ2) is 6.79. The summed E-state index contributed by atoms with van der Waals surface area (Å²) in [6.07, 6.45) is 0. The minimum Gasteiger partial charge on any atom is -0.480 e. The molecule has 0 saturated carbocycles. The molecule has 1 unspecified atom stereocenters. The largest absolute Gasteiger partial charge is 0.480 e. The van der Waals surface area contributed by atoms with Crippen LogP contribution in [0.15, 0.2) is 66.7 Å². The van der Waals surface area contributed by atoms with Crippen molar-refractivity contribution in [3.63, 3.8) is 0 Å². The van der Waals surface area contributed by atoms with Crippen LogP contribution in [0.4, 0.5) is 0 Å². The molecule has 7 rings (SSSR count). The molecule has 30 heavy (non-hydrogen) atoms. The van der Waals surface area contributed by atoms with Crippen molar-refractivity contribution in [1.29, 1.82) is 0 Å². The number of carbonyl (C=O) groups is 1. The second-order valence-corrected chi connectivity index (χ2v) is 8.67. The molecular formula is C26H24N2O2. The molecule has 4 aliphatic rings. The Kier molecular flexibility index (Phi) is 4.05. The molecule has 3 aromatic carbocycles. The van der Waals surface area contributed by atoms with Crippen molar-refractivity contribution in [2.75, 3.05) is 19.6 Å². The van der Waals surface area contributed by atoms with Gasteiger partial charge in [-0.15, -0.1) is 0 Å². The highest BCUT2D eigenvalue weighted by Gasteiger charge is 2.40. The number of hydrogen-bond donors (Lipinski definition) is 2. The number of carboxylic acids is 1. The molecule has 0 amide bonds. The van der Waals surface area contributed by atoms with E-state index in [4.69, 9.17) is 0 Å². The Morgan fingerprint density at radius 2 is 1.43 bits per heavy atom. The first-order valence-electron chi connectivity index (χ1n) is 10.7. The number of rotatable bonds is 3. The van der Waals surface area contributed by atoms with Crippen molar-refractivity contribution in [3.05, 3.63) is 106 Å². The van der Waals surface area contributed by atoms with Crippen LogP contribution in [0.3, 0.4) is 0 Å². The Bertz CT molecular complexity index is 1110. The number of piperazine rings is 1. The maximum Gasteiger partial charge on any atom is 0.322 e. The standard InChI is InChI=1S/C26H24N2O2/c29-26(30)23-15-28(12-11-27-23)14-16-9-10-21-22(13-16)25-19-7-3-1-5-17(19)24(21)18-6-2-4-8-20(18)25/h1-10,13,23-25,27H,11-12,14-15H2,(H,29,30). The van der Waals surface area contributed by atoms with E-state index in [1.165, 1.54) is 38.9 Å². The summed E-state index contributed by atoms with van der Waals surface area (Å²) >= 11 is 0. The highest BCUT2D eigenvalue weighted by Crippen LogP contribution is 2.55. The summed E-state index contributed by atoms with van der Waals surface area (Å²) in [7, 11) is 0. The highest BCUT2D eigenvalue weighted by atomic mass is 16.4. The fourth-order valence-electron chi connectivity index (χ4n) is 5.69. The molecule has 1 atom stereocenters. The maximum absolute atomic E-state index is 11.4. The average molecular weight is 396 g/mol. The number of nitrogens with zero attached hydrogens (tertiary/aromatic N) is 1. The Labute approximate surface area is 176 Å². The molecule has 0 spiro atoms. The van der Waals surface area contributed by atoms with E-state index in [0.29, 0.717) is 19.0 Å². The minimum absolute atomic E-state index is 0.284.